The van der Waals surface area contributed by atoms with Gasteiger partial charge in [-0.3, -0.25) is 19.2 Å². The van der Waals surface area contributed by atoms with E-state index in [2.05, 4.69) is 21.3 Å². The van der Waals surface area contributed by atoms with Crippen molar-refractivity contribution < 1.29 is 197 Å². The predicted octanol–water partition coefficient (Wildman–Crippen LogP) is -16.8. The van der Waals surface area contributed by atoms with Gasteiger partial charge >= 0.3 is 0 Å². The third kappa shape index (κ3) is 18.1. The Morgan fingerprint density at radius 1 is 0.280 bits per heavy atom. The number of rotatable bonds is 25. The highest BCUT2D eigenvalue weighted by Crippen LogP contribution is 2.39. The van der Waals surface area contributed by atoms with Crippen molar-refractivity contribution in [2.75, 3.05) is 46.2 Å². The first-order valence-electron chi connectivity index (χ1n) is 32.0. The van der Waals surface area contributed by atoms with Crippen LogP contribution in [-0.2, 0) is 90.2 Å². The Labute approximate surface area is 567 Å². The molecule has 8 rings (SSSR count). The van der Waals surface area contributed by atoms with Crippen molar-refractivity contribution in [1.29, 1.82) is 0 Å². The number of amides is 4. The smallest absolute Gasteiger partial charge is 0.217 e. The molecule has 0 aromatic carbocycles. The maximum absolute atomic E-state index is 13.1. The first kappa shape index (κ1) is 82.1. The lowest BCUT2D eigenvalue weighted by Gasteiger charge is -2.51. The number of carbonyl (C=O) groups is 4. The van der Waals surface area contributed by atoms with Gasteiger partial charge in [0, 0.05) is 27.7 Å². The first-order chi connectivity index (χ1) is 47.2. The molecule has 44 heteroatoms. The number of aliphatic hydroxyl groups excluding tert-OH is 21. The monoisotopic (exact) mass is 1460 g/mol. The van der Waals surface area contributed by atoms with Crippen molar-refractivity contribution in [3.8, 4) is 0 Å². The van der Waals surface area contributed by atoms with E-state index in [1.54, 1.807) is 0 Å². The normalized spacial score (nSPS) is 48.7. The molecule has 8 saturated heterocycles. The average molecular weight is 1460 g/mol. The SMILES string of the molecule is CC(=O)N[C@@H]1[C@@H](O[C@@H]2O[C@@H](C)[C@@H](O)[C@@H](O)[C@@H]2O)[C@H](O[C@@H]2O[C@H](CO)[C@@H](O[C@@H]3O[C@H](CO[C@H]4O[C@H](CO)[C@@H](O)[C@H](O)[C@@H]4O[C@@H]4O[C@H](CO)[C@@H](O)[C@H](O)[C@H]4NC(C)=O)[C@@H](O)[C@H](O[C@H]4O[C@H](CO)[C@@H](O)[C@H](O)[C@@H]4O[C@@H]4O[C@H](CO)[C@@H](O)[C@H](O)[C@H]4NC(C)=O)[C@@H]3O)[C@H](O)[C@H]2NC(C)=O)[C@@H](CO)O[C@@H]1O. The minimum Gasteiger partial charge on any atom is -0.394 e. The highest BCUT2D eigenvalue weighted by Gasteiger charge is 2.60. The molecule has 0 aromatic rings. The summed E-state index contributed by atoms with van der Waals surface area (Å²) in [6.07, 6.45) is -72.2. The zero-order valence-electron chi connectivity index (χ0n) is 54.2. The Morgan fingerprint density at radius 2 is 0.620 bits per heavy atom. The highest BCUT2D eigenvalue weighted by atomic mass is 16.8. The molecule has 8 aliphatic heterocycles. The van der Waals surface area contributed by atoms with Gasteiger partial charge in [0.25, 0.3) is 0 Å². The lowest BCUT2D eigenvalue weighted by molar-refractivity contribution is -0.397. The van der Waals surface area contributed by atoms with Crippen LogP contribution in [-0.4, -0.2) is 423 Å². The van der Waals surface area contributed by atoms with E-state index in [9.17, 15) is 126 Å². The van der Waals surface area contributed by atoms with E-state index in [0.29, 0.717) is 0 Å². The summed E-state index contributed by atoms with van der Waals surface area (Å²) in [5, 5.41) is 242. The summed E-state index contributed by atoms with van der Waals surface area (Å²) in [6, 6.07) is -7.13. The summed E-state index contributed by atoms with van der Waals surface area (Å²) < 4.78 is 89.4. The Morgan fingerprint density at radius 3 is 1.08 bits per heavy atom. The second-order valence-electron chi connectivity index (χ2n) is 25.3. The summed E-state index contributed by atoms with van der Waals surface area (Å²) in [5.41, 5.74) is 0. The van der Waals surface area contributed by atoms with E-state index in [-0.39, 0.29) is 0 Å². The standard InChI is InChI=1S/C56H94N4O40/c1-13-29(71)38(80)41(83)53(87-13)97-45-28(60-17(5)70)49(85)88-23(11-66)44(45)96-52-27(59-16(4)69)37(79)43(22(10-65)93-52)95-54-42(84)46(98-56-48(40(82)33(75)21(9-64)92-56)100-51-26(58-15(3)68)36(78)31(73)19(7-62)90-51)34(76)24(94-54)12-86-55-47(39(81)32(74)20(8-63)91-55)99-50-25(57-14(2)67)35(77)30(72)18(6-61)89-50/h13,18-56,61-66,71-85H,6-12H2,1-5H3,(H,57,67)(H,58,68)(H,59,69)(H,60,70)/t13-,18+,19+,20+,21+,22+,23+,24+,25+,26+,27+,28+,29+,30+,31+,32+,33+,34+,35+,36+,37+,38+,39-,40-,41-,42-,43+,44+,45+,46-,47-,48-,49-,50-,51-,52-,53-,54-,55-,56+/m0/s1. The number of aliphatic hydroxyl groups is 21. The maximum Gasteiger partial charge on any atom is 0.217 e. The van der Waals surface area contributed by atoms with Gasteiger partial charge in [-0.2, -0.15) is 0 Å². The van der Waals surface area contributed by atoms with Crippen LogP contribution in [0.3, 0.4) is 0 Å². The van der Waals surface area contributed by atoms with Gasteiger partial charge in [-0.25, -0.2) is 0 Å². The van der Waals surface area contributed by atoms with Gasteiger partial charge < -0.3 is 200 Å². The number of ether oxygens (including phenoxy) is 15. The van der Waals surface area contributed by atoms with E-state index in [1.807, 2.05) is 0 Å². The molecule has 100 heavy (non-hydrogen) atoms. The van der Waals surface area contributed by atoms with E-state index >= 15 is 0 Å². The quantitative estimate of drug-likeness (QED) is 0.0404. The first-order valence-corrected chi connectivity index (χ1v) is 32.0. The second kappa shape index (κ2) is 35.7. The molecule has 0 saturated carbocycles. The summed E-state index contributed by atoms with van der Waals surface area (Å²) in [6.45, 7) is -2.22. The zero-order chi connectivity index (χ0) is 73.8. The lowest BCUT2D eigenvalue weighted by Crippen LogP contribution is -2.71. The van der Waals surface area contributed by atoms with E-state index in [0.717, 1.165) is 27.7 Å². The fourth-order valence-corrected chi connectivity index (χ4v) is 12.9. The van der Waals surface area contributed by atoms with Gasteiger partial charge in [0.1, 0.15) is 189 Å². The third-order valence-corrected chi connectivity index (χ3v) is 18.2. The molecule has 44 nitrogen and oxygen atoms in total. The topological polar surface area (TPSA) is 680 Å². The Hall–Kier alpha value is -3.56. The van der Waals surface area contributed by atoms with Crippen molar-refractivity contribution in [1.82, 2.24) is 21.3 Å². The minimum absolute atomic E-state index is 0.822. The molecule has 0 unspecified atom stereocenters. The van der Waals surface area contributed by atoms with Crippen LogP contribution >= 0.6 is 0 Å². The van der Waals surface area contributed by atoms with Crippen LogP contribution in [0.4, 0.5) is 0 Å². The Balaban J connectivity index is 1.15. The van der Waals surface area contributed by atoms with Crippen LogP contribution in [0.1, 0.15) is 34.6 Å². The fourth-order valence-electron chi connectivity index (χ4n) is 12.9. The summed E-state index contributed by atoms with van der Waals surface area (Å²) in [5.74, 6) is -3.45. The van der Waals surface area contributed by atoms with Gasteiger partial charge in [-0.15, -0.1) is 0 Å². The molecule has 8 aliphatic rings. The van der Waals surface area contributed by atoms with Gasteiger partial charge in [-0.1, -0.05) is 0 Å². The third-order valence-electron chi connectivity index (χ3n) is 18.2. The molecule has 0 aliphatic carbocycles. The molecule has 4 amide bonds. The second-order valence-corrected chi connectivity index (χ2v) is 25.3. The molecular weight excluding hydrogens is 1370 g/mol. The lowest BCUT2D eigenvalue weighted by atomic mass is 9.93. The van der Waals surface area contributed by atoms with E-state index in [4.69, 9.17) is 71.1 Å². The molecule has 8 fully saturated rings. The van der Waals surface area contributed by atoms with Crippen molar-refractivity contribution in [2.45, 2.75) is 280 Å². The Kier molecular flexibility index (Phi) is 29.3. The van der Waals surface area contributed by atoms with Crippen LogP contribution in [0.25, 0.3) is 0 Å². The minimum atomic E-state index is -2.51. The van der Waals surface area contributed by atoms with Crippen molar-refractivity contribution >= 4 is 23.6 Å². The van der Waals surface area contributed by atoms with Gasteiger partial charge in [0.15, 0.2) is 50.3 Å². The molecule has 25 N–H and O–H groups in total. The van der Waals surface area contributed by atoms with E-state index in [1.165, 1.54) is 6.92 Å². The fraction of sp³-hybridized carbons (Fsp3) is 0.929. The van der Waals surface area contributed by atoms with Crippen LogP contribution in [0, 0.1) is 0 Å². The number of carbonyl (C=O) groups excluding carboxylic acids is 4. The Bertz CT molecular complexity index is 2620. The van der Waals surface area contributed by atoms with Crippen molar-refractivity contribution in [3.63, 3.8) is 0 Å². The number of hydrogen-bond donors (Lipinski definition) is 25. The highest BCUT2D eigenvalue weighted by molar-refractivity contribution is 5.74. The van der Waals surface area contributed by atoms with Crippen LogP contribution in [0.5, 0.6) is 0 Å². The summed E-state index contributed by atoms with van der Waals surface area (Å²) >= 11 is 0. The van der Waals surface area contributed by atoms with Gasteiger partial charge in [0.05, 0.1) is 52.4 Å². The molecule has 0 bridgehead atoms. The predicted molar refractivity (Wildman–Crippen MR) is 309 cm³/mol. The van der Waals surface area contributed by atoms with Crippen molar-refractivity contribution in [2.24, 2.45) is 0 Å². The van der Waals surface area contributed by atoms with Gasteiger partial charge in [-0.05, 0) is 6.92 Å². The average Bonchev–Trinajstić information content (AvgIpc) is 0.774. The van der Waals surface area contributed by atoms with Crippen LogP contribution in [0.2, 0.25) is 0 Å². The van der Waals surface area contributed by atoms with E-state index < -0.39 is 315 Å². The molecular formula is C56H94N4O40. The van der Waals surface area contributed by atoms with Crippen LogP contribution < -0.4 is 21.3 Å². The maximum atomic E-state index is 13.1. The summed E-state index contributed by atoms with van der Waals surface area (Å²) in [7, 11) is 0. The molecule has 0 radical (unpaired) electrons. The number of hydrogen-bond acceptors (Lipinski definition) is 40. The van der Waals surface area contributed by atoms with Gasteiger partial charge in [0.2, 0.25) is 23.6 Å². The largest absolute Gasteiger partial charge is 0.394 e. The zero-order valence-corrected chi connectivity index (χ0v) is 54.2. The molecule has 0 spiro atoms. The molecule has 0 aromatic heterocycles. The molecule has 40 atom stereocenters. The molecule has 8 heterocycles. The van der Waals surface area contributed by atoms with Crippen molar-refractivity contribution in [3.05, 3.63) is 0 Å². The summed E-state index contributed by atoms with van der Waals surface area (Å²) in [4.78, 5) is 50.6. The molecule has 578 valence electrons. The van der Waals surface area contributed by atoms with Crippen LogP contribution in [0.15, 0.2) is 0 Å². The number of nitrogens with one attached hydrogen (secondary N) is 4.